The Morgan fingerprint density at radius 1 is 0.791 bits per heavy atom. The molecule has 0 saturated carbocycles. The molecule has 0 spiro atoms. The first-order chi connectivity index (χ1) is 20.8. The normalized spacial score (nSPS) is 11.0. The fourth-order valence-electron chi connectivity index (χ4n) is 3.87. The van der Waals surface area contributed by atoms with Crippen LogP contribution in [0.2, 0.25) is 0 Å². The van der Waals surface area contributed by atoms with E-state index in [2.05, 4.69) is 15.8 Å². The largest absolute Gasteiger partial charge is 0.497 e. The fourth-order valence-corrected chi connectivity index (χ4v) is 5.30. The number of carbonyl (C=O) groups excluding carboxylic acids is 2. The Morgan fingerprint density at radius 2 is 1.44 bits per heavy atom. The lowest BCUT2D eigenvalue weighted by Crippen LogP contribution is -2.39. The lowest BCUT2D eigenvalue weighted by atomic mass is 10.2. The summed E-state index contributed by atoms with van der Waals surface area (Å²) in [4.78, 5) is 24.9. The van der Waals surface area contributed by atoms with E-state index in [4.69, 9.17) is 14.2 Å². The molecule has 12 heteroatoms. The number of rotatable bonds is 13. The molecule has 0 aliphatic carbocycles. The van der Waals surface area contributed by atoms with Crippen molar-refractivity contribution in [1.29, 1.82) is 0 Å². The van der Waals surface area contributed by atoms with Gasteiger partial charge in [-0.2, -0.15) is 5.10 Å². The number of anilines is 2. The zero-order valence-corrected chi connectivity index (χ0v) is 24.3. The topological polar surface area (TPSA) is 136 Å². The maximum atomic E-state index is 13.6. The van der Waals surface area contributed by atoms with E-state index in [0.717, 1.165) is 4.31 Å². The van der Waals surface area contributed by atoms with Crippen molar-refractivity contribution in [3.05, 3.63) is 109 Å². The molecule has 0 aliphatic heterocycles. The van der Waals surface area contributed by atoms with Gasteiger partial charge in [0.15, 0.2) is 6.61 Å². The first-order valence-electron chi connectivity index (χ1n) is 13.0. The molecule has 2 N–H and O–H groups in total. The van der Waals surface area contributed by atoms with Gasteiger partial charge in [0.25, 0.3) is 21.8 Å². The highest BCUT2D eigenvalue weighted by molar-refractivity contribution is 7.92. The molecule has 0 bridgehead atoms. The molecule has 0 unspecified atom stereocenters. The molecule has 222 valence electrons. The number of nitrogens with one attached hydrogen (secondary N) is 2. The van der Waals surface area contributed by atoms with E-state index < -0.39 is 22.5 Å². The van der Waals surface area contributed by atoms with Crippen LogP contribution in [0.25, 0.3) is 0 Å². The Labute approximate surface area is 249 Å². The van der Waals surface area contributed by atoms with E-state index in [-0.39, 0.29) is 28.8 Å². The summed E-state index contributed by atoms with van der Waals surface area (Å²) in [5, 5.41) is 6.70. The third-order valence-electron chi connectivity index (χ3n) is 6.00. The molecule has 43 heavy (non-hydrogen) atoms. The molecule has 4 aromatic carbocycles. The minimum Gasteiger partial charge on any atom is -0.497 e. The number of hydrogen-bond acceptors (Lipinski definition) is 8. The molecule has 11 nitrogen and oxygen atoms in total. The number of methoxy groups -OCH3 is 2. The van der Waals surface area contributed by atoms with Crippen molar-refractivity contribution in [3.8, 4) is 17.2 Å². The molecule has 4 rings (SSSR count). The highest BCUT2D eigenvalue weighted by Gasteiger charge is 2.29. The predicted molar refractivity (Wildman–Crippen MR) is 163 cm³/mol. The van der Waals surface area contributed by atoms with Crippen LogP contribution >= 0.6 is 0 Å². The van der Waals surface area contributed by atoms with Crippen LogP contribution in [0, 0.1) is 0 Å². The van der Waals surface area contributed by atoms with Crippen molar-refractivity contribution in [1.82, 2.24) is 5.43 Å². The van der Waals surface area contributed by atoms with Gasteiger partial charge in [-0.1, -0.05) is 30.3 Å². The third-order valence-corrected chi connectivity index (χ3v) is 7.77. The van der Waals surface area contributed by atoms with E-state index >= 15 is 0 Å². The number of amides is 2. The Kier molecular flexibility index (Phi) is 10.3. The second-order valence-corrected chi connectivity index (χ2v) is 10.8. The average molecular weight is 603 g/mol. The van der Waals surface area contributed by atoms with Crippen LogP contribution in [0.3, 0.4) is 0 Å². The fraction of sp³-hybridized carbons (Fsp3) is 0.129. The lowest BCUT2D eigenvalue weighted by molar-refractivity contribution is -0.119. The van der Waals surface area contributed by atoms with Crippen LogP contribution in [-0.2, 0) is 19.6 Å². The van der Waals surface area contributed by atoms with Crippen molar-refractivity contribution >= 4 is 39.4 Å². The van der Waals surface area contributed by atoms with Crippen LogP contribution in [0.15, 0.2) is 113 Å². The highest BCUT2D eigenvalue weighted by Crippen LogP contribution is 2.32. The van der Waals surface area contributed by atoms with Crippen LogP contribution in [0.1, 0.15) is 5.56 Å². The second-order valence-electron chi connectivity index (χ2n) is 8.92. The molecule has 0 radical (unpaired) electrons. The SMILES string of the molecule is COc1ccc(S(=O)(=O)N(CC(=O)N/N=C\c2ccc(OCC(=O)Nc3ccccc3)cc2)c2ccccc2OC)cc1. The van der Waals surface area contributed by atoms with Gasteiger partial charge in [0.1, 0.15) is 23.8 Å². The summed E-state index contributed by atoms with van der Waals surface area (Å²) in [5.41, 5.74) is 3.86. The van der Waals surface area contributed by atoms with E-state index in [0.29, 0.717) is 22.7 Å². The van der Waals surface area contributed by atoms with Gasteiger partial charge >= 0.3 is 0 Å². The summed E-state index contributed by atoms with van der Waals surface area (Å²) in [7, 11) is -1.28. The quantitative estimate of drug-likeness (QED) is 0.174. The number of para-hydroxylation sites is 3. The van der Waals surface area contributed by atoms with E-state index in [1.807, 2.05) is 18.2 Å². The van der Waals surface area contributed by atoms with Crippen LogP contribution in [-0.4, -0.2) is 53.8 Å². The Bertz CT molecular complexity index is 1660. The van der Waals surface area contributed by atoms with Gasteiger partial charge in [0, 0.05) is 5.69 Å². The zero-order chi connectivity index (χ0) is 30.7. The van der Waals surface area contributed by atoms with E-state index in [9.17, 15) is 18.0 Å². The second kappa shape index (κ2) is 14.5. The summed E-state index contributed by atoms with van der Waals surface area (Å²) >= 11 is 0. The summed E-state index contributed by atoms with van der Waals surface area (Å²) in [5.74, 6) is 0.263. The van der Waals surface area contributed by atoms with Crippen LogP contribution < -0.4 is 29.3 Å². The summed E-state index contributed by atoms with van der Waals surface area (Å²) in [6, 6.07) is 28.1. The van der Waals surface area contributed by atoms with Crippen molar-refractivity contribution in [2.45, 2.75) is 4.90 Å². The Morgan fingerprint density at radius 3 is 2.12 bits per heavy atom. The number of ether oxygens (including phenoxy) is 3. The molecule has 0 aliphatic rings. The lowest BCUT2D eigenvalue weighted by Gasteiger charge is -2.25. The monoisotopic (exact) mass is 602 g/mol. The van der Waals surface area contributed by atoms with Gasteiger partial charge in [-0.05, 0) is 78.4 Å². The predicted octanol–water partition coefficient (Wildman–Crippen LogP) is 4.07. The van der Waals surface area contributed by atoms with Gasteiger partial charge in [0.2, 0.25) is 0 Å². The number of hydrazone groups is 1. The van der Waals surface area contributed by atoms with Crippen LogP contribution in [0.5, 0.6) is 17.2 Å². The molecule has 4 aromatic rings. The minimum atomic E-state index is -4.18. The molecule has 2 amide bonds. The molecule has 0 aromatic heterocycles. The molecule has 0 heterocycles. The molecular formula is C31H30N4O7S. The number of nitrogens with zero attached hydrogens (tertiary/aromatic N) is 2. The summed E-state index contributed by atoms with van der Waals surface area (Å²) in [6.45, 7) is -0.732. The van der Waals surface area contributed by atoms with E-state index in [1.165, 1.54) is 44.7 Å². The summed E-state index contributed by atoms with van der Waals surface area (Å²) in [6.07, 6.45) is 1.40. The Hall–Kier alpha value is -5.36. The molecule has 0 saturated heterocycles. The van der Waals surface area contributed by atoms with Gasteiger partial charge in [0.05, 0.1) is 31.0 Å². The third kappa shape index (κ3) is 8.33. The summed E-state index contributed by atoms with van der Waals surface area (Å²) < 4.78 is 44.2. The van der Waals surface area contributed by atoms with Crippen molar-refractivity contribution in [2.75, 3.05) is 37.0 Å². The minimum absolute atomic E-state index is 0.0321. The standard InChI is InChI=1S/C31H30N4O7S/c1-40-25-16-18-27(19-17-25)43(38,39)35(28-10-6-7-11-29(28)41-2)21-30(36)34-32-20-23-12-14-26(15-13-23)42-22-31(37)33-24-8-4-3-5-9-24/h3-20H,21-22H2,1-2H3,(H,33,37)(H,34,36)/b32-20-. The first kappa shape index (κ1) is 30.6. The van der Waals surface area contributed by atoms with Gasteiger partial charge in [-0.15, -0.1) is 0 Å². The number of sulfonamides is 1. The van der Waals surface area contributed by atoms with Gasteiger partial charge in [-0.3, -0.25) is 13.9 Å². The van der Waals surface area contributed by atoms with Crippen molar-refractivity contribution < 1.29 is 32.2 Å². The smallest absolute Gasteiger partial charge is 0.264 e. The average Bonchev–Trinajstić information content (AvgIpc) is 3.03. The maximum absolute atomic E-state index is 13.6. The number of hydrogen-bond donors (Lipinski definition) is 2. The molecular weight excluding hydrogens is 572 g/mol. The van der Waals surface area contributed by atoms with Gasteiger partial charge in [-0.25, -0.2) is 13.8 Å². The van der Waals surface area contributed by atoms with Crippen LogP contribution in [0.4, 0.5) is 11.4 Å². The Balaban J connectivity index is 1.39. The van der Waals surface area contributed by atoms with Gasteiger partial charge < -0.3 is 19.5 Å². The molecule has 0 fully saturated rings. The molecule has 0 atom stereocenters. The highest BCUT2D eigenvalue weighted by atomic mass is 32.2. The first-order valence-corrected chi connectivity index (χ1v) is 14.4. The maximum Gasteiger partial charge on any atom is 0.264 e. The number of benzene rings is 4. The number of carbonyl (C=O) groups is 2. The van der Waals surface area contributed by atoms with Crippen molar-refractivity contribution in [2.24, 2.45) is 5.10 Å². The van der Waals surface area contributed by atoms with E-state index in [1.54, 1.807) is 60.7 Å². The zero-order valence-electron chi connectivity index (χ0n) is 23.5. The van der Waals surface area contributed by atoms with Crippen molar-refractivity contribution in [3.63, 3.8) is 0 Å².